The fourth-order valence-electron chi connectivity index (χ4n) is 18.2. The van der Waals surface area contributed by atoms with Crippen LogP contribution in [0.15, 0.2) is 218 Å². The molecule has 2 aliphatic carbocycles. The monoisotopic (exact) mass is 996 g/mol. The van der Waals surface area contributed by atoms with Crippen LogP contribution in [0.2, 0.25) is 0 Å². The van der Waals surface area contributed by atoms with E-state index in [1.54, 1.807) is 0 Å². The van der Waals surface area contributed by atoms with Gasteiger partial charge in [0, 0.05) is 0 Å². The summed E-state index contributed by atoms with van der Waals surface area (Å²) in [5.74, 6) is 0. The van der Waals surface area contributed by atoms with E-state index in [0.717, 1.165) is 0 Å². The molecule has 0 heteroatoms. The molecule has 0 spiro atoms. The molecule has 0 radical (unpaired) electrons. The van der Waals surface area contributed by atoms with Gasteiger partial charge < -0.3 is 0 Å². The molecule has 21 aromatic carbocycles. The molecule has 0 aliphatic heterocycles. The van der Waals surface area contributed by atoms with E-state index < -0.39 is 0 Å². The van der Waals surface area contributed by atoms with Gasteiger partial charge in [0.2, 0.25) is 0 Å². The second kappa shape index (κ2) is 12.6. The van der Waals surface area contributed by atoms with E-state index in [1.807, 2.05) is 0 Å². The highest BCUT2D eigenvalue weighted by molar-refractivity contribution is 6.50. The van der Waals surface area contributed by atoms with E-state index >= 15 is 0 Å². The molecule has 0 N–H and O–H groups in total. The highest BCUT2D eigenvalue weighted by Gasteiger charge is 2.29. The highest BCUT2D eigenvalue weighted by Crippen LogP contribution is 2.56. The van der Waals surface area contributed by atoms with Crippen LogP contribution in [0.1, 0.15) is 0 Å². The Morgan fingerprint density at radius 2 is 0.263 bits per heavy atom. The third-order valence-corrected chi connectivity index (χ3v) is 20.8. The van der Waals surface area contributed by atoms with Gasteiger partial charge >= 0.3 is 0 Å². The molecule has 23 rings (SSSR count). The molecular formula is C80H36. The van der Waals surface area contributed by atoms with Crippen molar-refractivity contribution in [2.24, 2.45) is 0 Å². The van der Waals surface area contributed by atoms with Crippen LogP contribution in [0.4, 0.5) is 0 Å². The Balaban J connectivity index is 0.989. The minimum Gasteiger partial charge on any atom is -0.0616 e. The molecule has 0 nitrogen and oxygen atoms in total. The summed E-state index contributed by atoms with van der Waals surface area (Å²) in [6.45, 7) is 0. The normalized spacial score (nSPS) is 13.5. The summed E-state index contributed by atoms with van der Waals surface area (Å²) in [5, 5.41) is 60.0. The summed E-state index contributed by atoms with van der Waals surface area (Å²) in [6, 6.07) is 85.4. The van der Waals surface area contributed by atoms with E-state index in [1.165, 1.54) is 236 Å². The van der Waals surface area contributed by atoms with Crippen molar-refractivity contribution in [3.63, 3.8) is 0 Å². The summed E-state index contributed by atoms with van der Waals surface area (Å²) in [6.07, 6.45) is 0. The Kier molecular flexibility index (Phi) is 6.16. The van der Waals surface area contributed by atoms with Gasteiger partial charge in [-0.1, -0.05) is 218 Å². The number of fused-ring (bicyclic) bond motifs is 22. The van der Waals surface area contributed by atoms with Gasteiger partial charge in [-0.05, 0) is 236 Å². The van der Waals surface area contributed by atoms with Crippen molar-refractivity contribution in [3.05, 3.63) is 260 Å². The van der Waals surface area contributed by atoms with Crippen molar-refractivity contribution in [3.8, 4) is 0 Å². The molecule has 80 heavy (non-hydrogen) atoms. The van der Waals surface area contributed by atoms with Gasteiger partial charge in [-0.2, -0.15) is 0 Å². The first-order chi connectivity index (χ1) is 39.8. The zero-order valence-electron chi connectivity index (χ0n) is 42.8. The van der Waals surface area contributed by atoms with Gasteiger partial charge in [0.05, 0.1) is 0 Å². The Hall–Kier alpha value is -10.4. The van der Waals surface area contributed by atoms with Crippen LogP contribution in [-0.2, 0) is 0 Å². The van der Waals surface area contributed by atoms with Crippen molar-refractivity contribution in [2.75, 3.05) is 0 Å². The molecule has 0 saturated heterocycles. The Morgan fingerprint density at radius 1 is 0.100 bits per heavy atom. The van der Waals surface area contributed by atoms with E-state index in [0.29, 0.717) is 0 Å². The van der Waals surface area contributed by atoms with Crippen LogP contribution in [0.25, 0.3) is 194 Å². The number of benzene rings is 21. The average Bonchev–Trinajstić information content (AvgIpc) is 3.32. The lowest BCUT2D eigenvalue weighted by atomic mass is 9.80. The molecule has 21 aromatic rings. The van der Waals surface area contributed by atoms with E-state index in [4.69, 9.17) is 0 Å². The molecule has 0 saturated carbocycles. The molecule has 0 atom stereocenters. The fraction of sp³-hybridized carbons (Fsp3) is 0. The van der Waals surface area contributed by atoms with Crippen LogP contribution in [0.5, 0.6) is 0 Å². The molecule has 356 valence electrons. The third-order valence-electron chi connectivity index (χ3n) is 20.8. The van der Waals surface area contributed by atoms with Gasteiger partial charge in [-0.3, -0.25) is 0 Å². The fourth-order valence-corrected chi connectivity index (χ4v) is 18.2. The lowest BCUT2D eigenvalue weighted by Gasteiger charge is -2.22. The van der Waals surface area contributed by atoms with Gasteiger partial charge in [-0.25, -0.2) is 0 Å². The first kappa shape index (κ1) is 39.0. The van der Waals surface area contributed by atoms with E-state index in [9.17, 15) is 0 Å². The SMILES string of the molecule is c1ccc2c(c1)c1cccc3c4cccc5c6ccccc6c6c7c(c2c(c13)c6c54)=c1ccc2c3ccc4c5c(ccc(c6ccc=7c1c26)c53)=c1c=4c2c3ccccc3c3cccc4c5cccc6c7ccccc7c1c(c65)c2c34. The Morgan fingerprint density at radius 3 is 0.500 bits per heavy atom. The van der Waals surface area contributed by atoms with E-state index in [-0.39, 0.29) is 0 Å². The smallest absolute Gasteiger partial charge is 0.0000706 e. The maximum atomic E-state index is 2.52. The molecule has 0 heterocycles. The van der Waals surface area contributed by atoms with E-state index in [2.05, 4.69) is 218 Å². The quantitative estimate of drug-likeness (QED) is 0.105. The maximum absolute atomic E-state index is 2.52. The lowest BCUT2D eigenvalue weighted by molar-refractivity contribution is 1.62. The molecule has 0 amide bonds. The molecular weight excluding hydrogens is 961 g/mol. The minimum atomic E-state index is 1.32. The average molecular weight is 997 g/mol. The minimum absolute atomic E-state index is 1.32. The van der Waals surface area contributed by atoms with Crippen LogP contribution in [0, 0.1) is 41.7 Å². The summed E-state index contributed by atoms with van der Waals surface area (Å²) >= 11 is 0. The summed E-state index contributed by atoms with van der Waals surface area (Å²) in [4.78, 5) is 0. The van der Waals surface area contributed by atoms with Gasteiger partial charge in [0.15, 0.2) is 0 Å². The molecule has 0 fully saturated rings. The van der Waals surface area contributed by atoms with Crippen molar-refractivity contribution in [2.45, 2.75) is 0 Å². The topological polar surface area (TPSA) is 0 Å². The van der Waals surface area contributed by atoms with Gasteiger partial charge in [-0.15, -0.1) is 0 Å². The Labute approximate surface area is 451 Å². The first-order valence-corrected chi connectivity index (χ1v) is 28.4. The molecule has 0 aromatic heterocycles. The summed E-state index contributed by atoms with van der Waals surface area (Å²) in [5.41, 5.74) is 0. The second-order valence-corrected chi connectivity index (χ2v) is 23.7. The first-order valence-electron chi connectivity index (χ1n) is 28.4. The van der Waals surface area contributed by atoms with Gasteiger partial charge in [0.1, 0.15) is 0 Å². The van der Waals surface area contributed by atoms with Crippen LogP contribution < -0.4 is 0 Å². The highest BCUT2D eigenvalue weighted by atomic mass is 14.3. The van der Waals surface area contributed by atoms with Gasteiger partial charge in [0.25, 0.3) is 0 Å². The maximum Gasteiger partial charge on any atom is -0.0000706 e. The predicted octanol–water partition coefficient (Wildman–Crippen LogP) is 21.4. The largest absolute Gasteiger partial charge is 0.0616 e. The molecule has 0 bridgehead atoms. The second-order valence-electron chi connectivity index (χ2n) is 23.7. The lowest BCUT2D eigenvalue weighted by Crippen LogP contribution is -1.95. The van der Waals surface area contributed by atoms with Crippen LogP contribution in [-0.4, -0.2) is 0 Å². The van der Waals surface area contributed by atoms with Crippen molar-refractivity contribution < 1.29 is 0 Å². The van der Waals surface area contributed by atoms with Crippen molar-refractivity contribution in [1.29, 1.82) is 0 Å². The zero-order chi connectivity index (χ0) is 50.9. The number of rotatable bonds is 0. The zero-order valence-corrected chi connectivity index (χ0v) is 42.8. The van der Waals surface area contributed by atoms with Crippen LogP contribution in [0.3, 0.4) is 0 Å². The van der Waals surface area contributed by atoms with Crippen molar-refractivity contribution >= 4 is 194 Å². The van der Waals surface area contributed by atoms with Crippen LogP contribution >= 0.6 is 0 Å². The summed E-state index contributed by atoms with van der Waals surface area (Å²) < 4.78 is 0. The number of hydrogen-bond donors (Lipinski definition) is 0. The Bertz CT molecular complexity index is 6270. The predicted molar refractivity (Wildman–Crippen MR) is 341 cm³/mol. The molecule has 2 aliphatic rings. The number of hydrogen-bond acceptors (Lipinski definition) is 0. The standard InChI is InChI=1S/C80H36/c1-5-17-45-37(13-1)41-21-9-25-49-50-26-10-22-42-38-14-2-6-18-46(38)70-74-58-34-30-54-56-32-36-60-68-59(35-31-55(62(56)68)53-29-33-57(67(58)61(53)54)73(74)69(45)77(63(41)49)78(70)64(42)50)75-71-47-19-7-3-15-39(47)43-23-11-27-51-52-28-12-24-44-40-16-4-8-20-48(40)72(76(60)75)80(66(44)52)79(71)65(43)51/h1-36H. The van der Waals surface area contributed by atoms with Crippen molar-refractivity contribution in [1.82, 2.24) is 0 Å². The summed E-state index contributed by atoms with van der Waals surface area (Å²) in [7, 11) is 0. The third kappa shape index (κ3) is 3.89. The molecule has 0 unspecified atom stereocenters.